The molecule has 0 fully saturated rings. The monoisotopic (exact) mass is 404 g/mol. The molecule has 0 saturated carbocycles. The SMILES string of the molecule is CC(C)(C)OC(=O)N[C@@H](CCC(N)=O)COc1ccc(Br)cc1F. The van der Waals surface area contributed by atoms with Crippen molar-refractivity contribution in [2.24, 2.45) is 5.73 Å². The fourth-order valence-electron chi connectivity index (χ4n) is 1.77. The number of benzene rings is 1. The Morgan fingerprint density at radius 1 is 1.38 bits per heavy atom. The van der Waals surface area contributed by atoms with Gasteiger partial charge in [-0.2, -0.15) is 0 Å². The van der Waals surface area contributed by atoms with Crippen LogP contribution in [0.4, 0.5) is 9.18 Å². The van der Waals surface area contributed by atoms with Crippen LogP contribution in [0.25, 0.3) is 0 Å². The van der Waals surface area contributed by atoms with E-state index in [1.807, 2.05) is 0 Å². The Bertz CT molecular complexity index is 590. The second kappa shape index (κ2) is 8.86. The van der Waals surface area contributed by atoms with Crippen molar-refractivity contribution in [1.82, 2.24) is 5.32 Å². The standard InChI is InChI=1S/C16H22BrFN2O4/c1-16(2,3)24-15(22)20-11(5-7-14(19)21)9-23-13-6-4-10(17)8-12(13)18/h4,6,8,11H,5,7,9H2,1-3H3,(H2,19,21)(H,20,22)/t11-/m0/s1. The minimum atomic E-state index is -0.656. The second-order valence-corrected chi connectivity index (χ2v) is 7.15. The number of hydrogen-bond acceptors (Lipinski definition) is 4. The normalized spacial score (nSPS) is 12.4. The summed E-state index contributed by atoms with van der Waals surface area (Å²) in [4.78, 5) is 22.8. The van der Waals surface area contributed by atoms with Crippen LogP contribution in [0.5, 0.6) is 5.75 Å². The Hall–Kier alpha value is -1.83. The van der Waals surface area contributed by atoms with E-state index in [1.54, 1.807) is 26.8 Å². The van der Waals surface area contributed by atoms with Gasteiger partial charge < -0.3 is 20.5 Å². The maximum atomic E-state index is 13.8. The summed E-state index contributed by atoms with van der Waals surface area (Å²) in [6.45, 7) is 5.18. The van der Waals surface area contributed by atoms with E-state index in [1.165, 1.54) is 12.1 Å². The van der Waals surface area contributed by atoms with Crippen LogP contribution < -0.4 is 15.8 Å². The number of amides is 2. The minimum absolute atomic E-state index is 0.0227. The van der Waals surface area contributed by atoms with Crippen LogP contribution >= 0.6 is 15.9 Å². The van der Waals surface area contributed by atoms with Crippen molar-refractivity contribution in [3.05, 3.63) is 28.5 Å². The van der Waals surface area contributed by atoms with Crippen molar-refractivity contribution < 1.29 is 23.5 Å². The number of rotatable bonds is 7. The maximum Gasteiger partial charge on any atom is 0.407 e. The van der Waals surface area contributed by atoms with Crippen LogP contribution in [0, 0.1) is 5.82 Å². The van der Waals surface area contributed by atoms with Crippen LogP contribution in [0.3, 0.4) is 0 Å². The maximum absolute atomic E-state index is 13.8. The largest absolute Gasteiger partial charge is 0.488 e. The highest BCUT2D eigenvalue weighted by atomic mass is 79.9. The molecule has 0 saturated heterocycles. The first-order chi connectivity index (χ1) is 11.1. The fraction of sp³-hybridized carbons (Fsp3) is 0.500. The summed E-state index contributed by atoms with van der Waals surface area (Å²) in [5, 5.41) is 2.60. The van der Waals surface area contributed by atoms with Crippen molar-refractivity contribution in [3.63, 3.8) is 0 Å². The van der Waals surface area contributed by atoms with E-state index in [9.17, 15) is 14.0 Å². The van der Waals surface area contributed by atoms with E-state index < -0.39 is 29.5 Å². The molecule has 24 heavy (non-hydrogen) atoms. The number of carbonyl (C=O) groups is 2. The minimum Gasteiger partial charge on any atom is -0.488 e. The number of carbonyl (C=O) groups excluding carboxylic acids is 2. The molecule has 0 heterocycles. The van der Waals surface area contributed by atoms with Crippen LogP contribution in [-0.4, -0.2) is 30.3 Å². The number of ether oxygens (including phenoxy) is 2. The van der Waals surface area contributed by atoms with E-state index in [-0.39, 0.29) is 25.2 Å². The predicted octanol–water partition coefficient (Wildman–Crippen LogP) is 3.13. The van der Waals surface area contributed by atoms with Crippen molar-refractivity contribution in [2.45, 2.75) is 45.3 Å². The van der Waals surface area contributed by atoms with Crippen LogP contribution in [0.15, 0.2) is 22.7 Å². The Morgan fingerprint density at radius 3 is 2.58 bits per heavy atom. The van der Waals surface area contributed by atoms with E-state index in [0.29, 0.717) is 4.47 Å². The number of nitrogens with one attached hydrogen (secondary N) is 1. The molecule has 0 aromatic heterocycles. The zero-order valence-corrected chi connectivity index (χ0v) is 15.5. The topological polar surface area (TPSA) is 90.6 Å². The molecule has 1 atom stereocenters. The molecule has 6 nitrogen and oxygen atoms in total. The Morgan fingerprint density at radius 2 is 2.04 bits per heavy atom. The lowest BCUT2D eigenvalue weighted by molar-refractivity contribution is -0.118. The van der Waals surface area contributed by atoms with Crippen LogP contribution in [-0.2, 0) is 9.53 Å². The van der Waals surface area contributed by atoms with Gasteiger partial charge in [0, 0.05) is 10.9 Å². The summed E-state index contributed by atoms with van der Waals surface area (Å²) in [7, 11) is 0. The van der Waals surface area contributed by atoms with Crippen LogP contribution in [0.1, 0.15) is 33.6 Å². The van der Waals surface area contributed by atoms with Crippen molar-refractivity contribution in [2.75, 3.05) is 6.61 Å². The van der Waals surface area contributed by atoms with E-state index in [0.717, 1.165) is 0 Å². The first-order valence-corrected chi connectivity index (χ1v) is 8.22. The third kappa shape index (κ3) is 8.14. The molecule has 0 spiro atoms. The number of halogens is 2. The Kier molecular flexibility index (Phi) is 7.47. The van der Waals surface area contributed by atoms with Gasteiger partial charge in [0.15, 0.2) is 11.6 Å². The first-order valence-electron chi connectivity index (χ1n) is 7.42. The Balaban J connectivity index is 2.67. The summed E-state index contributed by atoms with van der Waals surface area (Å²) in [5.74, 6) is -0.982. The van der Waals surface area contributed by atoms with Gasteiger partial charge in [0.1, 0.15) is 12.2 Å². The average molecular weight is 405 g/mol. The molecule has 1 aromatic rings. The zero-order chi connectivity index (χ0) is 18.3. The summed E-state index contributed by atoms with van der Waals surface area (Å²) in [6, 6.07) is 3.83. The fourth-order valence-corrected chi connectivity index (χ4v) is 2.10. The van der Waals surface area contributed by atoms with Crippen LogP contribution in [0.2, 0.25) is 0 Å². The molecule has 2 amide bonds. The Labute approximate surface area is 149 Å². The van der Waals surface area contributed by atoms with Crippen molar-refractivity contribution in [3.8, 4) is 5.75 Å². The zero-order valence-electron chi connectivity index (χ0n) is 13.9. The van der Waals surface area contributed by atoms with Gasteiger partial charge in [-0.15, -0.1) is 0 Å². The molecule has 0 aliphatic rings. The molecule has 8 heteroatoms. The van der Waals surface area contributed by atoms with Gasteiger partial charge >= 0.3 is 6.09 Å². The molecule has 0 radical (unpaired) electrons. The third-order valence-electron chi connectivity index (χ3n) is 2.79. The summed E-state index contributed by atoms with van der Waals surface area (Å²) < 4.78 is 24.9. The van der Waals surface area contributed by atoms with Gasteiger partial charge in [0.25, 0.3) is 0 Å². The molecule has 0 bridgehead atoms. The lowest BCUT2D eigenvalue weighted by Crippen LogP contribution is -2.42. The van der Waals surface area contributed by atoms with Gasteiger partial charge in [-0.1, -0.05) is 15.9 Å². The van der Waals surface area contributed by atoms with Gasteiger partial charge in [-0.05, 0) is 45.4 Å². The van der Waals surface area contributed by atoms with Gasteiger partial charge in [-0.25, -0.2) is 9.18 Å². The lowest BCUT2D eigenvalue weighted by Gasteiger charge is -2.23. The average Bonchev–Trinajstić information content (AvgIpc) is 2.41. The number of hydrogen-bond donors (Lipinski definition) is 2. The number of primary amides is 1. The summed E-state index contributed by atoms with van der Waals surface area (Å²) in [5.41, 5.74) is 4.48. The molecule has 1 rings (SSSR count). The highest BCUT2D eigenvalue weighted by Crippen LogP contribution is 2.21. The summed E-state index contributed by atoms with van der Waals surface area (Å²) in [6.07, 6.45) is -0.323. The van der Waals surface area contributed by atoms with Crippen molar-refractivity contribution >= 4 is 27.9 Å². The second-order valence-electron chi connectivity index (χ2n) is 6.23. The molecule has 0 aliphatic carbocycles. The molecule has 0 unspecified atom stereocenters. The quantitative estimate of drug-likeness (QED) is 0.730. The van der Waals surface area contributed by atoms with Crippen molar-refractivity contribution in [1.29, 1.82) is 0 Å². The number of alkyl carbamates (subject to hydrolysis) is 1. The lowest BCUT2D eigenvalue weighted by atomic mass is 10.1. The molecular formula is C16H22BrFN2O4. The molecular weight excluding hydrogens is 383 g/mol. The van der Waals surface area contributed by atoms with Gasteiger partial charge in [0.2, 0.25) is 5.91 Å². The summed E-state index contributed by atoms with van der Waals surface area (Å²) >= 11 is 3.16. The molecule has 134 valence electrons. The first kappa shape index (κ1) is 20.2. The van der Waals surface area contributed by atoms with E-state index in [4.69, 9.17) is 15.2 Å². The smallest absolute Gasteiger partial charge is 0.407 e. The highest BCUT2D eigenvalue weighted by Gasteiger charge is 2.20. The number of nitrogens with two attached hydrogens (primary N) is 1. The molecule has 1 aromatic carbocycles. The van der Waals surface area contributed by atoms with Gasteiger partial charge in [0.05, 0.1) is 6.04 Å². The van der Waals surface area contributed by atoms with E-state index >= 15 is 0 Å². The molecule has 3 N–H and O–H groups in total. The predicted molar refractivity (Wildman–Crippen MR) is 91.2 cm³/mol. The van der Waals surface area contributed by atoms with E-state index in [2.05, 4.69) is 21.2 Å². The molecule has 0 aliphatic heterocycles. The highest BCUT2D eigenvalue weighted by molar-refractivity contribution is 9.10. The third-order valence-corrected chi connectivity index (χ3v) is 3.29. The van der Waals surface area contributed by atoms with Gasteiger partial charge in [-0.3, -0.25) is 4.79 Å².